The first-order chi connectivity index (χ1) is 18.2. The molecule has 2 unspecified atom stereocenters. The van der Waals surface area contributed by atoms with Gasteiger partial charge in [-0.2, -0.15) is 8.62 Å². The highest BCUT2D eigenvalue weighted by Gasteiger charge is 2.49. The van der Waals surface area contributed by atoms with Gasteiger partial charge in [-0.15, -0.1) is 0 Å². The molecule has 0 radical (unpaired) electrons. The second-order valence-electron chi connectivity index (χ2n) is 7.76. The van der Waals surface area contributed by atoms with Crippen molar-refractivity contribution in [2.45, 2.75) is 24.5 Å². The maximum atomic E-state index is 12.7. The third-order valence-electron chi connectivity index (χ3n) is 5.04. The van der Waals surface area contributed by atoms with Crippen LogP contribution in [0.4, 0.5) is 5.82 Å². The summed E-state index contributed by atoms with van der Waals surface area (Å²) in [6.45, 7) is -1.01. The lowest BCUT2D eigenvalue weighted by Crippen LogP contribution is -2.37. The molecule has 1 aromatic carbocycles. The molecule has 19 nitrogen and oxygen atoms in total. The SMILES string of the molecule is Nc1ncnc2c1ncn2[C@@H]1O[C@H](COP(=O)(O)OP(=O)(O)OP(=O)(O)O)[C@@H](O)[C@H]1OC(=O)c1ccccc1. The predicted molar refractivity (Wildman–Crippen MR) is 125 cm³/mol. The number of rotatable bonds is 10. The number of esters is 1. The minimum Gasteiger partial charge on any atom is -0.451 e. The van der Waals surface area contributed by atoms with E-state index in [0.717, 1.165) is 6.33 Å². The number of hydrogen-bond donors (Lipinski definition) is 6. The van der Waals surface area contributed by atoms with Gasteiger partial charge in [-0.3, -0.25) is 9.09 Å². The number of anilines is 1. The van der Waals surface area contributed by atoms with Crippen molar-refractivity contribution in [2.75, 3.05) is 12.3 Å². The molecule has 212 valence electrons. The summed E-state index contributed by atoms with van der Waals surface area (Å²) < 4.78 is 58.8. The van der Waals surface area contributed by atoms with Crippen LogP contribution in [0.1, 0.15) is 16.6 Å². The predicted octanol–water partition coefficient (Wildman–Crippen LogP) is 0.236. The van der Waals surface area contributed by atoms with Crippen LogP contribution in [0.15, 0.2) is 43.0 Å². The zero-order valence-corrected chi connectivity index (χ0v) is 21.9. The Morgan fingerprint density at radius 2 is 1.72 bits per heavy atom. The van der Waals surface area contributed by atoms with Gasteiger partial charge in [0.25, 0.3) is 0 Å². The van der Waals surface area contributed by atoms with Gasteiger partial charge in [0.2, 0.25) is 0 Å². The number of aliphatic hydroxyl groups excluding tert-OH is 1. The molecule has 0 spiro atoms. The van der Waals surface area contributed by atoms with Gasteiger partial charge in [-0.05, 0) is 12.1 Å². The molecule has 3 heterocycles. The molecular formula is C17H20N5O14P3. The molecule has 1 aliphatic heterocycles. The molecule has 7 N–H and O–H groups in total. The van der Waals surface area contributed by atoms with Gasteiger partial charge in [0.15, 0.2) is 23.8 Å². The van der Waals surface area contributed by atoms with Crippen molar-refractivity contribution in [1.82, 2.24) is 19.5 Å². The number of nitrogen functional groups attached to an aromatic ring is 1. The summed E-state index contributed by atoms with van der Waals surface area (Å²) in [4.78, 5) is 61.0. The van der Waals surface area contributed by atoms with Crippen LogP contribution >= 0.6 is 23.5 Å². The third-order valence-corrected chi connectivity index (χ3v) is 8.85. The minimum atomic E-state index is -5.77. The van der Waals surface area contributed by atoms with Crippen LogP contribution in [0, 0.1) is 0 Å². The van der Waals surface area contributed by atoms with E-state index in [2.05, 4.69) is 28.1 Å². The number of fused-ring (bicyclic) bond motifs is 1. The summed E-state index contributed by atoms with van der Waals surface area (Å²) in [6.07, 6.45) is -3.76. The molecule has 4 rings (SSSR count). The van der Waals surface area contributed by atoms with E-state index in [0.29, 0.717) is 0 Å². The Hall–Kier alpha value is -2.63. The van der Waals surface area contributed by atoms with Crippen LogP contribution in [-0.4, -0.2) is 75.1 Å². The Bertz CT molecular complexity index is 1500. The molecule has 39 heavy (non-hydrogen) atoms. The Balaban J connectivity index is 1.57. The number of imidazole rings is 1. The quantitative estimate of drug-likeness (QED) is 0.132. The summed E-state index contributed by atoms with van der Waals surface area (Å²) >= 11 is 0. The van der Waals surface area contributed by atoms with Crippen LogP contribution in [0.25, 0.3) is 11.2 Å². The van der Waals surface area contributed by atoms with Crippen molar-refractivity contribution in [3.05, 3.63) is 48.5 Å². The molecule has 2 aromatic heterocycles. The summed E-state index contributed by atoms with van der Waals surface area (Å²) in [6, 6.07) is 7.71. The highest BCUT2D eigenvalue weighted by atomic mass is 31.3. The van der Waals surface area contributed by atoms with E-state index in [4.69, 9.17) is 25.0 Å². The van der Waals surface area contributed by atoms with Gasteiger partial charge < -0.3 is 39.9 Å². The van der Waals surface area contributed by atoms with E-state index in [-0.39, 0.29) is 22.5 Å². The Labute approximate surface area is 217 Å². The van der Waals surface area contributed by atoms with Gasteiger partial charge in [-0.1, -0.05) is 18.2 Å². The van der Waals surface area contributed by atoms with Crippen molar-refractivity contribution in [1.29, 1.82) is 0 Å². The summed E-state index contributed by atoms with van der Waals surface area (Å²) in [5.74, 6) is -0.848. The number of benzene rings is 1. The molecule has 1 saturated heterocycles. The molecule has 0 saturated carbocycles. The first kappa shape index (κ1) is 29.4. The van der Waals surface area contributed by atoms with Gasteiger partial charge in [0.1, 0.15) is 24.1 Å². The van der Waals surface area contributed by atoms with Crippen molar-refractivity contribution < 1.29 is 65.8 Å². The number of phosphoric ester groups is 1. The van der Waals surface area contributed by atoms with Crippen molar-refractivity contribution >= 4 is 46.4 Å². The first-order valence-electron chi connectivity index (χ1n) is 10.5. The average molecular weight is 611 g/mol. The number of nitrogens with two attached hydrogens (primary N) is 1. The maximum absolute atomic E-state index is 12.7. The van der Waals surface area contributed by atoms with Gasteiger partial charge >= 0.3 is 29.4 Å². The number of aromatic nitrogens is 4. The average Bonchev–Trinajstić information content (AvgIpc) is 3.38. The largest absolute Gasteiger partial charge is 0.490 e. The zero-order valence-electron chi connectivity index (χ0n) is 19.2. The standard InChI is InChI=1S/C17H20N5O14P3/c18-14-11-15(20-7-19-14)22(8-21-11)16-13(34-17(24)9-4-2-1-3-5-9)12(23)10(33-16)6-32-38(28,29)36-39(30,31)35-37(25,26)27/h1-5,7-8,10,12-13,16,23H,6H2,(H,28,29)(H,30,31)(H2,18,19,20)(H2,25,26,27)/t10-,12-,13-,16-/m1/s1. The highest BCUT2D eigenvalue weighted by Crippen LogP contribution is 2.66. The van der Waals surface area contributed by atoms with Crippen molar-refractivity contribution in [3.63, 3.8) is 0 Å². The van der Waals surface area contributed by atoms with Crippen LogP contribution < -0.4 is 5.73 Å². The second kappa shape index (κ2) is 11.1. The molecule has 0 bridgehead atoms. The summed E-state index contributed by atoms with van der Waals surface area (Å²) in [5, 5.41) is 10.9. The van der Waals surface area contributed by atoms with Gasteiger partial charge in [-0.25, -0.2) is 33.4 Å². The number of carbonyl (C=O) groups excluding carboxylic acids is 1. The van der Waals surface area contributed by atoms with E-state index < -0.39 is 60.6 Å². The topological polar surface area (TPSA) is 285 Å². The molecule has 1 fully saturated rings. The molecule has 1 aliphatic rings. The fourth-order valence-electron chi connectivity index (χ4n) is 3.50. The van der Waals surface area contributed by atoms with E-state index in [1.807, 2.05) is 0 Å². The normalized spacial score (nSPS) is 24.7. The van der Waals surface area contributed by atoms with Gasteiger partial charge in [0.05, 0.1) is 18.5 Å². The lowest BCUT2D eigenvalue weighted by molar-refractivity contribution is -0.0558. The number of carbonyl (C=O) groups is 1. The van der Waals surface area contributed by atoms with E-state index in [9.17, 15) is 33.4 Å². The Kier molecular flexibility index (Phi) is 8.35. The van der Waals surface area contributed by atoms with E-state index >= 15 is 0 Å². The monoisotopic (exact) mass is 611 g/mol. The summed E-state index contributed by atoms with van der Waals surface area (Å²) in [7, 11) is -16.9. The molecule has 3 aromatic rings. The summed E-state index contributed by atoms with van der Waals surface area (Å²) in [5.41, 5.74) is 6.20. The molecule has 0 amide bonds. The molecule has 6 atom stereocenters. The Morgan fingerprint density at radius 1 is 1.03 bits per heavy atom. The van der Waals surface area contributed by atoms with E-state index in [1.54, 1.807) is 18.2 Å². The van der Waals surface area contributed by atoms with Crippen molar-refractivity contribution in [3.8, 4) is 0 Å². The van der Waals surface area contributed by atoms with Crippen LogP contribution in [-0.2, 0) is 36.3 Å². The van der Waals surface area contributed by atoms with Crippen LogP contribution in [0.2, 0.25) is 0 Å². The molecule has 22 heteroatoms. The number of phosphoric acid groups is 3. The smallest absolute Gasteiger partial charge is 0.451 e. The van der Waals surface area contributed by atoms with Crippen LogP contribution in [0.3, 0.4) is 0 Å². The number of aliphatic hydroxyl groups is 1. The van der Waals surface area contributed by atoms with Crippen LogP contribution in [0.5, 0.6) is 0 Å². The minimum absolute atomic E-state index is 0.0133. The maximum Gasteiger partial charge on any atom is 0.490 e. The molecular weight excluding hydrogens is 591 g/mol. The lowest BCUT2D eigenvalue weighted by Gasteiger charge is -2.22. The first-order valence-corrected chi connectivity index (χ1v) is 15.0. The number of hydrogen-bond acceptors (Lipinski definition) is 14. The zero-order chi connectivity index (χ0) is 28.6. The number of ether oxygens (including phenoxy) is 2. The highest BCUT2D eigenvalue weighted by molar-refractivity contribution is 7.66. The molecule has 0 aliphatic carbocycles. The van der Waals surface area contributed by atoms with Gasteiger partial charge in [0, 0.05) is 0 Å². The third kappa shape index (κ3) is 7.12. The Morgan fingerprint density at radius 3 is 2.38 bits per heavy atom. The van der Waals surface area contributed by atoms with Crippen molar-refractivity contribution in [2.24, 2.45) is 0 Å². The fourth-order valence-corrected chi connectivity index (χ4v) is 6.53. The second-order valence-corrected chi connectivity index (χ2v) is 12.2. The number of nitrogens with zero attached hydrogens (tertiary/aromatic N) is 4. The fraction of sp³-hybridized carbons (Fsp3) is 0.294. The van der Waals surface area contributed by atoms with E-state index in [1.165, 1.54) is 23.0 Å². The lowest BCUT2D eigenvalue weighted by atomic mass is 10.1.